The van der Waals surface area contributed by atoms with Gasteiger partial charge < -0.3 is 14.6 Å². The van der Waals surface area contributed by atoms with E-state index < -0.39 is 0 Å². The van der Waals surface area contributed by atoms with Gasteiger partial charge in [0.05, 0.1) is 0 Å². The van der Waals surface area contributed by atoms with Crippen molar-refractivity contribution in [1.82, 2.24) is 10.2 Å². The van der Waals surface area contributed by atoms with Crippen LogP contribution in [0.4, 0.5) is 0 Å². The molecule has 1 amide bonds. The van der Waals surface area contributed by atoms with Gasteiger partial charge in [0.2, 0.25) is 0 Å². The van der Waals surface area contributed by atoms with E-state index in [0.29, 0.717) is 10.4 Å². The van der Waals surface area contributed by atoms with Crippen LogP contribution in [0.5, 0.6) is 0 Å². The average molecular weight is 329 g/mol. The number of hydrogen-bond donors (Lipinski definition) is 1. The van der Waals surface area contributed by atoms with Crippen molar-refractivity contribution < 1.29 is 9.21 Å². The Morgan fingerprint density at radius 2 is 2.21 bits per heavy atom. The third kappa shape index (κ3) is 4.35. The van der Waals surface area contributed by atoms with Gasteiger partial charge in [-0.1, -0.05) is 13.3 Å². The van der Waals surface area contributed by atoms with Gasteiger partial charge in [-0.25, -0.2) is 0 Å². The van der Waals surface area contributed by atoms with Crippen LogP contribution in [-0.2, 0) is 0 Å². The quantitative estimate of drug-likeness (QED) is 0.903. The molecule has 0 saturated carbocycles. The van der Waals surface area contributed by atoms with Gasteiger partial charge in [0.1, 0.15) is 0 Å². The first-order chi connectivity index (χ1) is 9.19. The number of halogens is 1. The molecule has 1 aliphatic rings. The van der Waals surface area contributed by atoms with Crippen molar-refractivity contribution in [2.45, 2.75) is 38.6 Å². The molecule has 0 unspecified atom stereocenters. The van der Waals surface area contributed by atoms with E-state index in [9.17, 15) is 4.79 Å². The molecule has 1 aromatic heterocycles. The van der Waals surface area contributed by atoms with Crippen molar-refractivity contribution in [2.24, 2.45) is 0 Å². The Balaban J connectivity index is 1.75. The largest absolute Gasteiger partial charge is 0.444 e. The minimum atomic E-state index is -0.113. The molecule has 1 fully saturated rings. The number of amides is 1. The Labute approximate surface area is 122 Å². The van der Waals surface area contributed by atoms with Crippen LogP contribution < -0.4 is 5.32 Å². The van der Waals surface area contributed by atoms with Gasteiger partial charge in [0.15, 0.2) is 10.4 Å². The van der Waals surface area contributed by atoms with Crippen molar-refractivity contribution in [3.05, 3.63) is 22.6 Å². The van der Waals surface area contributed by atoms with E-state index >= 15 is 0 Å². The third-order valence-electron chi connectivity index (χ3n) is 3.55. The normalized spacial score (nSPS) is 17.6. The number of rotatable bonds is 5. The van der Waals surface area contributed by atoms with Crippen LogP contribution in [0.25, 0.3) is 0 Å². The molecule has 2 heterocycles. The van der Waals surface area contributed by atoms with E-state index in [4.69, 9.17) is 4.42 Å². The molecule has 0 aromatic carbocycles. The second-order valence-corrected chi connectivity index (χ2v) is 5.83. The second kappa shape index (κ2) is 7.10. The van der Waals surface area contributed by atoms with E-state index in [1.807, 2.05) is 0 Å². The molecule has 0 atom stereocenters. The van der Waals surface area contributed by atoms with Crippen LogP contribution in [0.1, 0.15) is 43.2 Å². The molecule has 106 valence electrons. The van der Waals surface area contributed by atoms with E-state index in [2.05, 4.69) is 33.1 Å². The average Bonchev–Trinajstić information content (AvgIpc) is 2.85. The lowest BCUT2D eigenvalue weighted by Crippen LogP contribution is -2.44. The van der Waals surface area contributed by atoms with Crippen molar-refractivity contribution in [3.63, 3.8) is 0 Å². The van der Waals surface area contributed by atoms with Crippen LogP contribution >= 0.6 is 15.9 Å². The van der Waals surface area contributed by atoms with Crippen molar-refractivity contribution >= 4 is 21.8 Å². The summed E-state index contributed by atoms with van der Waals surface area (Å²) in [7, 11) is 0. The summed E-state index contributed by atoms with van der Waals surface area (Å²) in [4.78, 5) is 14.4. The van der Waals surface area contributed by atoms with Crippen LogP contribution in [-0.4, -0.2) is 36.5 Å². The Morgan fingerprint density at radius 1 is 1.47 bits per heavy atom. The molecule has 1 saturated heterocycles. The highest BCUT2D eigenvalue weighted by Gasteiger charge is 2.21. The highest BCUT2D eigenvalue weighted by molar-refractivity contribution is 9.10. The van der Waals surface area contributed by atoms with E-state index in [1.54, 1.807) is 12.1 Å². The Hall–Kier alpha value is -0.810. The van der Waals surface area contributed by atoms with Crippen LogP contribution in [0.3, 0.4) is 0 Å². The number of likely N-dealkylation sites (tertiary alicyclic amines) is 1. The minimum Gasteiger partial charge on any atom is -0.444 e. The van der Waals surface area contributed by atoms with Crippen LogP contribution in [0.15, 0.2) is 21.2 Å². The van der Waals surface area contributed by atoms with Gasteiger partial charge in [-0.15, -0.1) is 0 Å². The number of carbonyl (C=O) groups is 1. The van der Waals surface area contributed by atoms with Gasteiger partial charge in [-0.05, 0) is 53.9 Å². The standard InChI is InChI=1S/C14H21BrN2O2/c1-2-3-8-17-9-6-11(7-10-17)16-14(18)12-4-5-13(15)19-12/h4-5,11H,2-3,6-10H2,1H3,(H,16,18). The first kappa shape index (κ1) is 14.6. The SMILES string of the molecule is CCCCN1CCC(NC(=O)c2ccc(Br)o2)CC1. The summed E-state index contributed by atoms with van der Waals surface area (Å²) >= 11 is 3.20. The monoisotopic (exact) mass is 328 g/mol. The molecule has 0 radical (unpaired) electrons. The maximum Gasteiger partial charge on any atom is 0.287 e. The summed E-state index contributed by atoms with van der Waals surface area (Å²) < 4.78 is 5.85. The molecular formula is C14H21BrN2O2. The molecule has 2 rings (SSSR count). The van der Waals surface area contributed by atoms with Gasteiger partial charge in [-0.3, -0.25) is 4.79 Å². The maximum atomic E-state index is 11.9. The summed E-state index contributed by atoms with van der Waals surface area (Å²) in [6.07, 6.45) is 4.55. The summed E-state index contributed by atoms with van der Waals surface area (Å²) in [5.41, 5.74) is 0. The molecule has 0 spiro atoms. The first-order valence-corrected chi connectivity index (χ1v) is 7.77. The molecule has 0 aliphatic carbocycles. The minimum absolute atomic E-state index is 0.113. The Kier molecular flexibility index (Phi) is 5.45. The molecule has 19 heavy (non-hydrogen) atoms. The topological polar surface area (TPSA) is 45.5 Å². The predicted octanol–water partition coefficient (Wildman–Crippen LogP) is 3.04. The number of unbranched alkanes of at least 4 members (excludes halogenated alkanes) is 1. The maximum absolute atomic E-state index is 11.9. The fourth-order valence-corrected chi connectivity index (χ4v) is 2.68. The molecule has 0 bridgehead atoms. The zero-order valence-electron chi connectivity index (χ0n) is 11.3. The lowest BCUT2D eigenvalue weighted by molar-refractivity contribution is 0.0881. The van der Waals surface area contributed by atoms with Gasteiger partial charge in [0, 0.05) is 19.1 Å². The number of nitrogens with one attached hydrogen (secondary N) is 1. The first-order valence-electron chi connectivity index (χ1n) is 6.97. The van der Waals surface area contributed by atoms with Gasteiger partial charge >= 0.3 is 0 Å². The zero-order valence-corrected chi connectivity index (χ0v) is 12.9. The highest BCUT2D eigenvalue weighted by Crippen LogP contribution is 2.16. The Morgan fingerprint density at radius 3 is 2.79 bits per heavy atom. The van der Waals surface area contributed by atoms with E-state index in [0.717, 1.165) is 25.9 Å². The number of nitrogens with zero attached hydrogens (tertiary/aromatic N) is 1. The molecule has 1 aromatic rings. The number of furan rings is 1. The van der Waals surface area contributed by atoms with E-state index in [-0.39, 0.29) is 11.9 Å². The number of hydrogen-bond acceptors (Lipinski definition) is 3. The zero-order chi connectivity index (χ0) is 13.7. The Bertz CT molecular complexity index is 411. The van der Waals surface area contributed by atoms with Crippen molar-refractivity contribution in [2.75, 3.05) is 19.6 Å². The van der Waals surface area contributed by atoms with Crippen molar-refractivity contribution in [1.29, 1.82) is 0 Å². The smallest absolute Gasteiger partial charge is 0.287 e. The fraction of sp³-hybridized carbons (Fsp3) is 0.643. The molecule has 4 nitrogen and oxygen atoms in total. The van der Waals surface area contributed by atoms with Crippen LogP contribution in [0.2, 0.25) is 0 Å². The molecule has 1 aliphatic heterocycles. The highest BCUT2D eigenvalue weighted by atomic mass is 79.9. The van der Waals surface area contributed by atoms with Crippen LogP contribution in [0, 0.1) is 0 Å². The lowest BCUT2D eigenvalue weighted by Gasteiger charge is -2.32. The van der Waals surface area contributed by atoms with Gasteiger partial charge in [0.25, 0.3) is 5.91 Å². The molecule has 1 N–H and O–H groups in total. The summed E-state index contributed by atoms with van der Waals surface area (Å²) in [6.45, 7) is 5.55. The fourth-order valence-electron chi connectivity index (χ4n) is 2.38. The molecule has 5 heteroatoms. The summed E-state index contributed by atoms with van der Waals surface area (Å²) in [5.74, 6) is 0.262. The third-order valence-corrected chi connectivity index (χ3v) is 3.97. The number of piperidine rings is 1. The second-order valence-electron chi connectivity index (χ2n) is 5.05. The lowest BCUT2D eigenvalue weighted by atomic mass is 10.0. The van der Waals surface area contributed by atoms with Gasteiger partial charge in [-0.2, -0.15) is 0 Å². The predicted molar refractivity (Wildman–Crippen MR) is 78.2 cm³/mol. The number of carbonyl (C=O) groups excluding carboxylic acids is 1. The summed E-state index contributed by atoms with van der Waals surface area (Å²) in [6, 6.07) is 3.70. The molecular weight excluding hydrogens is 308 g/mol. The van der Waals surface area contributed by atoms with E-state index in [1.165, 1.54) is 19.4 Å². The van der Waals surface area contributed by atoms with Crippen molar-refractivity contribution in [3.8, 4) is 0 Å². The summed E-state index contributed by atoms with van der Waals surface area (Å²) in [5, 5.41) is 3.04.